The highest BCUT2D eigenvalue weighted by molar-refractivity contribution is 6.46. The number of halogens is 2. The highest BCUT2D eigenvalue weighted by Crippen LogP contribution is 2.68. The number of rotatable bonds is 4. The maximum absolute atomic E-state index is 11.5. The van der Waals surface area contributed by atoms with Gasteiger partial charge in [-0.15, -0.1) is 0 Å². The minimum absolute atomic E-state index is 0.100. The lowest BCUT2D eigenvalue weighted by Gasteiger charge is -2.63. The molecular weight excluding hydrogens is 423 g/mol. The normalized spacial score (nSPS) is 52.3. The molecule has 4 N–H and O–H groups in total. The summed E-state index contributed by atoms with van der Waals surface area (Å²) in [6.45, 7) is 6.79. The minimum Gasteiger partial charge on any atom is -0.393 e. The molecule has 0 amide bonds. The lowest BCUT2D eigenvalue weighted by atomic mass is 9.43. The lowest BCUT2D eigenvalue weighted by Crippen LogP contribution is -2.62. The van der Waals surface area contributed by atoms with Crippen LogP contribution in [0.15, 0.2) is 0 Å². The van der Waals surface area contributed by atoms with E-state index in [1.54, 1.807) is 0 Å². The zero-order chi connectivity index (χ0) is 22.1. The molecule has 0 saturated heterocycles. The molecule has 4 aliphatic carbocycles. The average molecular weight is 463 g/mol. The minimum atomic E-state index is -1.70. The number of hydrogen-bond donors (Lipinski definition) is 4. The Morgan fingerprint density at radius 2 is 1.70 bits per heavy atom. The summed E-state index contributed by atoms with van der Waals surface area (Å²) in [5.41, 5.74) is -0.126. The summed E-state index contributed by atoms with van der Waals surface area (Å²) >= 11 is 11.6. The van der Waals surface area contributed by atoms with Crippen LogP contribution in [0.25, 0.3) is 0 Å². The third-order valence-electron chi connectivity index (χ3n) is 10.4. The predicted octanol–water partition coefficient (Wildman–Crippen LogP) is 4.49. The van der Waals surface area contributed by atoms with Crippen LogP contribution in [0.3, 0.4) is 0 Å². The van der Waals surface area contributed by atoms with Gasteiger partial charge in [0.05, 0.1) is 18.3 Å². The molecule has 0 spiro atoms. The Labute approximate surface area is 191 Å². The van der Waals surface area contributed by atoms with Gasteiger partial charge in [-0.1, -0.05) is 44.0 Å². The van der Waals surface area contributed by atoms with Crippen molar-refractivity contribution in [2.45, 2.75) is 101 Å². The second-order valence-corrected chi connectivity index (χ2v) is 13.2. The van der Waals surface area contributed by atoms with Gasteiger partial charge in [0.25, 0.3) is 0 Å². The molecule has 4 fully saturated rings. The monoisotopic (exact) mass is 462 g/mol. The zero-order valence-corrected chi connectivity index (χ0v) is 20.1. The summed E-state index contributed by atoms with van der Waals surface area (Å²) in [7, 11) is 0. The summed E-state index contributed by atoms with van der Waals surface area (Å²) in [4.78, 5) is 0. The van der Waals surface area contributed by atoms with Crippen LogP contribution in [0.2, 0.25) is 0 Å². The highest BCUT2D eigenvalue weighted by atomic mass is 35.5. The van der Waals surface area contributed by atoms with Gasteiger partial charge in [-0.25, -0.2) is 0 Å². The Morgan fingerprint density at radius 1 is 1.00 bits per heavy atom. The highest BCUT2D eigenvalue weighted by Gasteiger charge is 2.65. The number of hydrogen-bond acceptors (Lipinski definition) is 4. The molecule has 0 aromatic carbocycles. The summed E-state index contributed by atoms with van der Waals surface area (Å²) in [5.74, 6) is 1.82. The van der Waals surface area contributed by atoms with Crippen LogP contribution in [0.4, 0.5) is 0 Å². The molecule has 0 aromatic heterocycles. The van der Waals surface area contributed by atoms with Gasteiger partial charge in [0, 0.05) is 6.42 Å². The largest absolute Gasteiger partial charge is 0.393 e. The van der Waals surface area contributed by atoms with Gasteiger partial charge in [-0.3, -0.25) is 0 Å². The summed E-state index contributed by atoms with van der Waals surface area (Å²) in [5, 5.41) is 42.8. The van der Waals surface area contributed by atoms with E-state index in [-0.39, 0.29) is 35.1 Å². The van der Waals surface area contributed by atoms with Crippen LogP contribution in [0.5, 0.6) is 0 Å². The fourth-order valence-corrected chi connectivity index (χ4v) is 8.95. The van der Waals surface area contributed by atoms with Gasteiger partial charge in [-0.2, -0.15) is 0 Å². The van der Waals surface area contributed by atoms with E-state index in [1.165, 1.54) is 0 Å². The average Bonchev–Trinajstić information content (AvgIpc) is 3.00. The van der Waals surface area contributed by atoms with Crippen molar-refractivity contribution in [3.05, 3.63) is 0 Å². The van der Waals surface area contributed by atoms with Crippen molar-refractivity contribution in [1.29, 1.82) is 0 Å². The van der Waals surface area contributed by atoms with Crippen molar-refractivity contribution in [1.82, 2.24) is 0 Å². The van der Waals surface area contributed by atoms with Crippen molar-refractivity contribution in [2.24, 2.45) is 46.3 Å². The van der Waals surface area contributed by atoms with Gasteiger partial charge in [-0.05, 0) is 97.7 Å². The van der Waals surface area contributed by atoms with Gasteiger partial charge in [0.15, 0.2) is 0 Å². The van der Waals surface area contributed by atoms with E-state index in [0.29, 0.717) is 36.0 Å². The smallest absolute Gasteiger partial charge is 0.214 e. The van der Waals surface area contributed by atoms with Gasteiger partial charge >= 0.3 is 0 Å². The fraction of sp³-hybridized carbons (Fsp3) is 1.00. The molecule has 11 atom stereocenters. The fourth-order valence-electron chi connectivity index (χ4n) is 8.73. The second kappa shape index (κ2) is 8.02. The zero-order valence-electron chi connectivity index (χ0n) is 18.6. The van der Waals surface area contributed by atoms with Crippen LogP contribution in [0, 0.1) is 46.3 Å². The van der Waals surface area contributed by atoms with Crippen molar-refractivity contribution < 1.29 is 20.4 Å². The Hall–Kier alpha value is 0.420. The number of aliphatic hydroxyl groups excluding tert-OH is 3. The van der Waals surface area contributed by atoms with Crippen LogP contribution in [-0.4, -0.2) is 43.3 Å². The molecule has 4 nitrogen and oxygen atoms in total. The third kappa shape index (κ3) is 3.76. The van der Waals surface area contributed by atoms with Crippen LogP contribution in [0.1, 0.15) is 78.6 Å². The molecule has 6 heteroatoms. The van der Waals surface area contributed by atoms with E-state index in [2.05, 4.69) is 20.8 Å². The van der Waals surface area contributed by atoms with E-state index in [1.807, 2.05) is 0 Å². The molecule has 4 saturated carbocycles. The Bertz CT molecular complexity index is 639. The maximum atomic E-state index is 11.5. The Balaban J connectivity index is 1.59. The summed E-state index contributed by atoms with van der Waals surface area (Å²) in [6.07, 6.45) is 6.28. The SMILES string of the molecule is C[C@@H](CCC(O)(Cl)Cl)[C@H]1CC[C@@H]2[C@@H]3[C@H](O)C[C@@H]4C[C@H](O)CC[C@]4(C)[C@H]3C[C@H](O)[C@@]21C. The van der Waals surface area contributed by atoms with E-state index in [0.717, 1.165) is 51.4 Å². The van der Waals surface area contributed by atoms with E-state index in [9.17, 15) is 20.4 Å². The molecule has 174 valence electrons. The molecule has 30 heavy (non-hydrogen) atoms. The molecule has 4 rings (SSSR count). The molecule has 0 aromatic rings. The number of aliphatic hydroxyl groups is 4. The van der Waals surface area contributed by atoms with E-state index < -0.39 is 4.52 Å². The van der Waals surface area contributed by atoms with Crippen LogP contribution < -0.4 is 0 Å². The second-order valence-electron chi connectivity index (χ2n) is 11.7. The van der Waals surface area contributed by atoms with E-state index >= 15 is 0 Å². The van der Waals surface area contributed by atoms with E-state index in [4.69, 9.17) is 23.2 Å². The van der Waals surface area contributed by atoms with Crippen molar-refractivity contribution >= 4 is 23.2 Å². The quantitative estimate of drug-likeness (QED) is 0.464. The lowest BCUT2D eigenvalue weighted by molar-refractivity contribution is -0.207. The first kappa shape index (κ1) is 23.6. The van der Waals surface area contributed by atoms with Crippen LogP contribution in [-0.2, 0) is 0 Å². The van der Waals surface area contributed by atoms with Crippen molar-refractivity contribution in [2.75, 3.05) is 0 Å². The van der Waals surface area contributed by atoms with Gasteiger partial charge < -0.3 is 20.4 Å². The van der Waals surface area contributed by atoms with Crippen molar-refractivity contribution in [3.8, 4) is 0 Å². The molecule has 0 radical (unpaired) electrons. The van der Waals surface area contributed by atoms with Crippen LogP contribution >= 0.6 is 23.2 Å². The molecule has 0 heterocycles. The Kier molecular flexibility index (Phi) is 6.30. The molecule has 4 aliphatic rings. The maximum Gasteiger partial charge on any atom is 0.214 e. The third-order valence-corrected chi connectivity index (χ3v) is 10.8. The molecular formula is C24H40Cl2O4. The summed E-state index contributed by atoms with van der Waals surface area (Å²) < 4.78 is -1.70. The van der Waals surface area contributed by atoms with Gasteiger partial charge in [0.1, 0.15) is 0 Å². The topological polar surface area (TPSA) is 80.9 Å². The van der Waals surface area contributed by atoms with Crippen molar-refractivity contribution in [3.63, 3.8) is 0 Å². The standard InChI is InChI=1S/C24H40Cl2O4/c1-13(6-9-24(25,26)30)16-4-5-17-21-18(12-20(29)23(16,17)3)22(2)8-7-15(27)10-14(22)11-19(21)28/h13-21,27-30H,4-12H2,1-3H3/t13-,14-,15+,16+,17+,18-,19+,20-,21-,22-,23+/m0/s1. The molecule has 0 aliphatic heterocycles. The first-order valence-electron chi connectivity index (χ1n) is 12.0. The number of alkyl halides is 2. The Morgan fingerprint density at radius 3 is 2.37 bits per heavy atom. The predicted molar refractivity (Wildman–Crippen MR) is 119 cm³/mol. The first-order valence-corrected chi connectivity index (χ1v) is 12.8. The van der Waals surface area contributed by atoms with Gasteiger partial charge in [0.2, 0.25) is 4.52 Å². The molecule has 0 unspecified atom stereocenters. The first-order chi connectivity index (χ1) is 13.9. The molecule has 0 bridgehead atoms. The summed E-state index contributed by atoms with van der Waals surface area (Å²) in [6, 6.07) is 0. The number of fused-ring (bicyclic) bond motifs is 5.